The van der Waals surface area contributed by atoms with Crippen LogP contribution in [0.5, 0.6) is 11.5 Å². The summed E-state index contributed by atoms with van der Waals surface area (Å²) in [7, 11) is 0. The van der Waals surface area contributed by atoms with Crippen LogP contribution in [0.1, 0.15) is 5.56 Å². The number of hydrogen-bond acceptors (Lipinski definition) is 5. The SMILES string of the molecule is CSc1cc2c(cc1NC(=O)/C=C/c1ccsc1)OCCO2. The predicted molar refractivity (Wildman–Crippen MR) is 91.2 cm³/mol. The van der Waals surface area contributed by atoms with Crippen molar-refractivity contribution in [3.63, 3.8) is 0 Å². The molecule has 4 nitrogen and oxygen atoms in total. The Labute approximate surface area is 137 Å². The van der Waals surface area contributed by atoms with Gasteiger partial charge in [0, 0.05) is 17.0 Å². The zero-order chi connectivity index (χ0) is 15.4. The van der Waals surface area contributed by atoms with Crippen molar-refractivity contribution in [2.75, 3.05) is 24.8 Å². The maximum atomic E-state index is 12.1. The summed E-state index contributed by atoms with van der Waals surface area (Å²) in [5, 5.41) is 6.86. The summed E-state index contributed by atoms with van der Waals surface area (Å²) >= 11 is 3.15. The Morgan fingerprint density at radius 2 is 2.09 bits per heavy atom. The van der Waals surface area contributed by atoms with Gasteiger partial charge >= 0.3 is 0 Å². The van der Waals surface area contributed by atoms with E-state index < -0.39 is 0 Å². The molecule has 2 heterocycles. The molecule has 0 radical (unpaired) electrons. The fourth-order valence-electron chi connectivity index (χ4n) is 2.05. The number of carbonyl (C=O) groups excluding carboxylic acids is 1. The fourth-order valence-corrected chi connectivity index (χ4v) is 3.24. The van der Waals surface area contributed by atoms with Gasteiger partial charge in [-0.3, -0.25) is 4.79 Å². The molecular weight excluding hydrogens is 318 g/mol. The van der Waals surface area contributed by atoms with Crippen LogP contribution in [0.25, 0.3) is 6.08 Å². The van der Waals surface area contributed by atoms with E-state index in [2.05, 4.69) is 5.32 Å². The lowest BCUT2D eigenvalue weighted by atomic mass is 10.2. The molecule has 0 spiro atoms. The normalized spacial score (nSPS) is 13.3. The van der Waals surface area contributed by atoms with Gasteiger partial charge in [-0.1, -0.05) is 0 Å². The van der Waals surface area contributed by atoms with Gasteiger partial charge in [0.05, 0.1) is 5.69 Å². The van der Waals surface area contributed by atoms with E-state index in [1.165, 1.54) is 6.08 Å². The zero-order valence-corrected chi connectivity index (χ0v) is 13.6. The highest BCUT2D eigenvalue weighted by Crippen LogP contribution is 2.39. The average Bonchev–Trinajstić information content (AvgIpc) is 3.05. The van der Waals surface area contributed by atoms with Gasteiger partial charge in [0.25, 0.3) is 0 Å². The summed E-state index contributed by atoms with van der Waals surface area (Å²) in [4.78, 5) is 13.0. The maximum Gasteiger partial charge on any atom is 0.248 e. The van der Waals surface area contributed by atoms with E-state index >= 15 is 0 Å². The van der Waals surface area contributed by atoms with Crippen LogP contribution in [0.3, 0.4) is 0 Å². The molecule has 1 aromatic heterocycles. The van der Waals surface area contributed by atoms with E-state index in [9.17, 15) is 4.79 Å². The lowest BCUT2D eigenvalue weighted by molar-refractivity contribution is -0.111. The van der Waals surface area contributed by atoms with Crippen LogP contribution < -0.4 is 14.8 Å². The second kappa shape index (κ2) is 6.89. The zero-order valence-electron chi connectivity index (χ0n) is 12.0. The van der Waals surface area contributed by atoms with Crippen molar-refractivity contribution >= 4 is 40.8 Å². The van der Waals surface area contributed by atoms with Crippen LogP contribution in [0.15, 0.2) is 39.9 Å². The molecule has 1 amide bonds. The molecule has 1 N–H and O–H groups in total. The van der Waals surface area contributed by atoms with Crippen LogP contribution in [0.2, 0.25) is 0 Å². The number of nitrogens with one attached hydrogen (secondary N) is 1. The first kappa shape index (κ1) is 15.0. The largest absolute Gasteiger partial charge is 0.486 e. The van der Waals surface area contributed by atoms with E-state index in [0.29, 0.717) is 19.0 Å². The first-order valence-electron chi connectivity index (χ1n) is 6.75. The van der Waals surface area contributed by atoms with Crippen molar-refractivity contribution in [1.29, 1.82) is 0 Å². The highest BCUT2D eigenvalue weighted by Gasteiger charge is 2.16. The molecule has 0 bridgehead atoms. The summed E-state index contributed by atoms with van der Waals surface area (Å²) in [5.41, 5.74) is 1.75. The standard InChI is InChI=1S/C16H15NO3S2/c1-21-15-9-14-13(19-5-6-20-14)8-12(15)17-16(18)3-2-11-4-7-22-10-11/h2-4,7-10H,5-6H2,1H3,(H,17,18)/b3-2+. The van der Waals surface area contributed by atoms with Gasteiger partial charge in [0.2, 0.25) is 5.91 Å². The molecule has 0 unspecified atom stereocenters. The van der Waals surface area contributed by atoms with E-state index in [-0.39, 0.29) is 5.91 Å². The lowest BCUT2D eigenvalue weighted by Crippen LogP contribution is -2.16. The highest BCUT2D eigenvalue weighted by molar-refractivity contribution is 7.98. The maximum absolute atomic E-state index is 12.1. The average molecular weight is 333 g/mol. The van der Waals surface area contributed by atoms with Crippen molar-refractivity contribution < 1.29 is 14.3 Å². The molecule has 1 aromatic carbocycles. The number of anilines is 1. The Morgan fingerprint density at radius 1 is 1.32 bits per heavy atom. The number of thioether (sulfide) groups is 1. The Bertz CT molecular complexity index is 696. The third kappa shape index (κ3) is 3.45. The van der Waals surface area contributed by atoms with Crippen molar-refractivity contribution in [3.8, 4) is 11.5 Å². The van der Waals surface area contributed by atoms with Crippen molar-refractivity contribution in [3.05, 3.63) is 40.6 Å². The van der Waals surface area contributed by atoms with Crippen molar-refractivity contribution in [2.45, 2.75) is 4.90 Å². The van der Waals surface area contributed by atoms with E-state index in [1.54, 1.807) is 29.2 Å². The van der Waals surface area contributed by atoms with E-state index in [4.69, 9.17) is 9.47 Å². The third-order valence-electron chi connectivity index (χ3n) is 3.09. The highest BCUT2D eigenvalue weighted by atomic mass is 32.2. The van der Waals surface area contributed by atoms with E-state index in [0.717, 1.165) is 21.9 Å². The molecule has 1 aliphatic rings. The number of thiophene rings is 1. The molecule has 0 saturated carbocycles. The van der Waals surface area contributed by atoms with Gasteiger partial charge in [0.15, 0.2) is 11.5 Å². The number of hydrogen-bond donors (Lipinski definition) is 1. The number of amides is 1. The van der Waals surface area contributed by atoms with E-state index in [1.807, 2.05) is 35.2 Å². The number of fused-ring (bicyclic) bond motifs is 1. The van der Waals surface area contributed by atoms with Gasteiger partial charge in [0.1, 0.15) is 13.2 Å². The van der Waals surface area contributed by atoms with Crippen LogP contribution in [-0.2, 0) is 4.79 Å². The minimum absolute atomic E-state index is 0.168. The van der Waals surface area contributed by atoms with Crippen molar-refractivity contribution in [2.24, 2.45) is 0 Å². The molecule has 6 heteroatoms. The number of ether oxygens (including phenoxy) is 2. The first-order chi connectivity index (χ1) is 10.8. The molecule has 0 saturated heterocycles. The molecule has 2 aromatic rings. The fraction of sp³-hybridized carbons (Fsp3) is 0.188. The topological polar surface area (TPSA) is 47.6 Å². The summed E-state index contributed by atoms with van der Waals surface area (Å²) in [6.45, 7) is 1.08. The third-order valence-corrected chi connectivity index (χ3v) is 4.57. The molecule has 0 atom stereocenters. The molecule has 22 heavy (non-hydrogen) atoms. The Morgan fingerprint density at radius 3 is 2.77 bits per heavy atom. The van der Waals surface area contributed by atoms with Crippen LogP contribution in [0, 0.1) is 0 Å². The quantitative estimate of drug-likeness (QED) is 0.681. The van der Waals surface area contributed by atoms with Gasteiger partial charge in [-0.2, -0.15) is 11.3 Å². The number of carbonyl (C=O) groups is 1. The number of benzene rings is 1. The lowest BCUT2D eigenvalue weighted by Gasteiger charge is -2.20. The summed E-state index contributed by atoms with van der Waals surface area (Å²) in [6.07, 6.45) is 5.29. The molecule has 0 aliphatic carbocycles. The summed E-state index contributed by atoms with van der Waals surface area (Å²) in [6, 6.07) is 5.68. The second-order valence-corrected chi connectivity index (χ2v) is 6.20. The Kier molecular flexibility index (Phi) is 4.70. The van der Waals surface area contributed by atoms with Gasteiger partial charge in [-0.15, -0.1) is 11.8 Å². The molecule has 114 valence electrons. The minimum atomic E-state index is -0.168. The Hall–Kier alpha value is -1.92. The van der Waals surface area contributed by atoms with Crippen LogP contribution >= 0.6 is 23.1 Å². The van der Waals surface area contributed by atoms with Gasteiger partial charge in [-0.25, -0.2) is 0 Å². The molecule has 0 fully saturated rings. The predicted octanol–water partition coefficient (Wildman–Crippen LogP) is 3.89. The monoisotopic (exact) mass is 333 g/mol. The smallest absolute Gasteiger partial charge is 0.248 e. The van der Waals surface area contributed by atoms with Gasteiger partial charge in [-0.05, 0) is 40.8 Å². The first-order valence-corrected chi connectivity index (χ1v) is 8.92. The minimum Gasteiger partial charge on any atom is -0.486 e. The van der Waals surface area contributed by atoms with Crippen LogP contribution in [0.4, 0.5) is 5.69 Å². The molecular formula is C16H15NO3S2. The Balaban J connectivity index is 1.77. The molecule has 3 rings (SSSR count). The van der Waals surface area contributed by atoms with Gasteiger partial charge < -0.3 is 14.8 Å². The molecule has 1 aliphatic heterocycles. The van der Waals surface area contributed by atoms with Crippen molar-refractivity contribution in [1.82, 2.24) is 0 Å². The summed E-state index contributed by atoms with van der Waals surface area (Å²) < 4.78 is 11.1. The second-order valence-electron chi connectivity index (χ2n) is 4.58. The summed E-state index contributed by atoms with van der Waals surface area (Å²) in [5.74, 6) is 1.22. The van der Waals surface area contributed by atoms with Crippen LogP contribution in [-0.4, -0.2) is 25.4 Å². The number of rotatable bonds is 4.